The molecule has 2 aromatic heterocycles. The molecule has 2 aromatic carbocycles. The van der Waals surface area contributed by atoms with Gasteiger partial charge in [-0.05, 0) is 54.8 Å². The Morgan fingerprint density at radius 2 is 2.00 bits per heavy atom. The molecule has 0 saturated carbocycles. The monoisotopic (exact) mass is 516 g/mol. The Labute approximate surface area is 210 Å². The highest BCUT2D eigenvalue weighted by Gasteiger charge is 2.39. The van der Waals surface area contributed by atoms with Gasteiger partial charge >= 0.3 is 6.18 Å². The number of furan rings is 1. The molecule has 1 amide bonds. The lowest BCUT2D eigenvalue weighted by molar-refractivity contribution is -0.137. The van der Waals surface area contributed by atoms with Gasteiger partial charge < -0.3 is 19.0 Å². The number of H-pyrrole nitrogens is 1. The fraction of sp³-hybridized carbons (Fsp3) is 0.296. The van der Waals surface area contributed by atoms with Gasteiger partial charge in [0.2, 0.25) is 5.91 Å². The quantitative estimate of drug-likeness (QED) is 0.292. The molecule has 0 fully saturated rings. The van der Waals surface area contributed by atoms with E-state index < -0.39 is 23.2 Å². The first-order valence-corrected chi connectivity index (χ1v) is 12.1. The number of hydrogen-bond donors (Lipinski definition) is 1. The second kappa shape index (κ2) is 9.24. The number of nitrogens with one attached hydrogen (secondary N) is 1. The normalized spacial score (nSPS) is 16.7. The minimum Gasteiger partial charge on any atom is -0.497 e. The smallest absolute Gasteiger partial charge is 0.417 e. The van der Waals surface area contributed by atoms with Crippen LogP contribution in [0.15, 0.2) is 59.0 Å². The zero-order valence-corrected chi connectivity index (χ0v) is 20.4. The predicted octanol–water partition coefficient (Wildman–Crippen LogP) is 6.95. The summed E-state index contributed by atoms with van der Waals surface area (Å²) in [5, 5.41) is 0.243. The average Bonchev–Trinajstić information content (AvgIpc) is 3.51. The molecule has 0 aliphatic carbocycles. The van der Waals surface area contributed by atoms with Gasteiger partial charge in [0.15, 0.2) is 0 Å². The lowest BCUT2D eigenvalue weighted by atomic mass is 9.95. The molecule has 9 heteroatoms. The summed E-state index contributed by atoms with van der Waals surface area (Å²) < 4.78 is 52.4. The number of alkyl halides is 4. The van der Waals surface area contributed by atoms with Gasteiger partial charge in [-0.2, -0.15) is 13.2 Å². The van der Waals surface area contributed by atoms with E-state index in [4.69, 9.17) is 20.8 Å². The van der Waals surface area contributed by atoms with Crippen molar-refractivity contribution in [3.05, 3.63) is 77.2 Å². The molecule has 2 atom stereocenters. The highest BCUT2D eigenvalue weighted by atomic mass is 35.5. The van der Waals surface area contributed by atoms with E-state index in [-0.39, 0.29) is 17.2 Å². The molecule has 1 N–H and O–H groups in total. The Hall–Kier alpha value is -3.39. The number of carbonyl (C=O) groups is 1. The number of halogens is 4. The van der Waals surface area contributed by atoms with E-state index >= 15 is 0 Å². The van der Waals surface area contributed by atoms with E-state index in [1.165, 1.54) is 24.3 Å². The summed E-state index contributed by atoms with van der Waals surface area (Å²) in [7, 11) is 1.60. The largest absolute Gasteiger partial charge is 0.497 e. The van der Waals surface area contributed by atoms with Crippen LogP contribution in [0.3, 0.4) is 0 Å². The predicted molar refractivity (Wildman–Crippen MR) is 131 cm³/mol. The van der Waals surface area contributed by atoms with Crippen molar-refractivity contribution in [3.63, 3.8) is 0 Å². The fourth-order valence-corrected chi connectivity index (χ4v) is 5.00. The number of benzene rings is 2. The third-order valence-corrected chi connectivity index (χ3v) is 7.13. The third kappa shape index (κ3) is 4.13. The van der Waals surface area contributed by atoms with Crippen LogP contribution in [0, 0.1) is 0 Å². The van der Waals surface area contributed by atoms with E-state index in [2.05, 4.69) is 4.98 Å². The number of methoxy groups -OCH3 is 1. The highest BCUT2D eigenvalue weighted by Crippen LogP contribution is 2.43. The molecule has 188 valence electrons. The third-order valence-electron chi connectivity index (χ3n) is 6.64. The van der Waals surface area contributed by atoms with Gasteiger partial charge in [0.1, 0.15) is 28.7 Å². The van der Waals surface area contributed by atoms with Crippen LogP contribution >= 0.6 is 11.6 Å². The summed E-state index contributed by atoms with van der Waals surface area (Å²) in [6.45, 7) is 2.22. The second-order valence-corrected chi connectivity index (χ2v) is 9.26. The van der Waals surface area contributed by atoms with Gasteiger partial charge in [0, 0.05) is 23.0 Å². The first-order chi connectivity index (χ1) is 17.2. The van der Waals surface area contributed by atoms with Crippen molar-refractivity contribution >= 4 is 28.4 Å². The molecule has 36 heavy (non-hydrogen) atoms. The van der Waals surface area contributed by atoms with E-state index in [1.54, 1.807) is 18.1 Å². The molecule has 0 unspecified atom stereocenters. The number of ether oxygens (including phenoxy) is 1. The molecule has 0 spiro atoms. The summed E-state index contributed by atoms with van der Waals surface area (Å²) >= 11 is 6.35. The van der Waals surface area contributed by atoms with Crippen molar-refractivity contribution in [1.82, 2.24) is 9.88 Å². The molecule has 5 rings (SSSR count). The van der Waals surface area contributed by atoms with E-state index in [0.717, 1.165) is 28.2 Å². The standard InChI is InChI=1S/C27H24ClF3N2O3/c1-3-20(28)26(34)33-13-12-16-18-14-15(35-2)8-9-21(18)32-24(16)25(33)23-11-10-22(36-23)17-6-4-5-7-19(17)27(29,30)31/h4-11,14,20,25,32H,3,12-13H2,1-2H3/t20-,25+/m1/s1. The number of nitrogens with zero attached hydrogens (tertiary/aromatic N) is 1. The molecule has 4 aromatic rings. The number of aromatic amines is 1. The Balaban J connectivity index is 1.65. The Morgan fingerprint density at radius 1 is 1.22 bits per heavy atom. The maximum absolute atomic E-state index is 13.6. The lowest BCUT2D eigenvalue weighted by Gasteiger charge is -2.35. The number of carbonyl (C=O) groups excluding carboxylic acids is 1. The van der Waals surface area contributed by atoms with Gasteiger partial charge in [-0.1, -0.05) is 25.1 Å². The average molecular weight is 517 g/mol. The van der Waals surface area contributed by atoms with Gasteiger partial charge in [0.25, 0.3) is 0 Å². The summed E-state index contributed by atoms with van der Waals surface area (Å²) in [4.78, 5) is 18.3. The molecule has 0 bridgehead atoms. The van der Waals surface area contributed by atoms with Crippen LogP contribution in [0.4, 0.5) is 13.2 Å². The van der Waals surface area contributed by atoms with Crippen LogP contribution in [0.5, 0.6) is 5.75 Å². The number of hydrogen-bond acceptors (Lipinski definition) is 3. The first-order valence-electron chi connectivity index (χ1n) is 11.6. The highest BCUT2D eigenvalue weighted by molar-refractivity contribution is 6.30. The first kappa shape index (κ1) is 24.3. The lowest BCUT2D eigenvalue weighted by Crippen LogP contribution is -2.43. The molecule has 1 aliphatic rings. The van der Waals surface area contributed by atoms with Crippen LogP contribution in [0.25, 0.3) is 22.2 Å². The van der Waals surface area contributed by atoms with Gasteiger partial charge in [-0.3, -0.25) is 4.79 Å². The van der Waals surface area contributed by atoms with Gasteiger partial charge in [-0.25, -0.2) is 0 Å². The summed E-state index contributed by atoms with van der Waals surface area (Å²) in [6, 6.07) is 13.4. The Bertz CT molecular complexity index is 1430. The number of amides is 1. The van der Waals surface area contributed by atoms with E-state index in [1.807, 2.05) is 25.1 Å². The summed E-state index contributed by atoms with van der Waals surface area (Å²) in [5.74, 6) is 0.887. The van der Waals surface area contributed by atoms with Crippen molar-refractivity contribution in [3.8, 4) is 17.1 Å². The number of rotatable bonds is 5. The van der Waals surface area contributed by atoms with Crippen molar-refractivity contribution in [1.29, 1.82) is 0 Å². The van der Waals surface area contributed by atoms with Crippen molar-refractivity contribution in [2.24, 2.45) is 0 Å². The fourth-order valence-electron chi connectivity index (χ4n) is 4.87. The molecular formula is C27H24ClF3N2O3. The number of aromatic nitrogens is 1. The van der Waals surface area contributed by atoms with Crippen molar-refractivity contribution < 1.29 is 27.1 Å². The number of fused-ring (bicyclic) bond motifs is 3. The second-order valence-electron chi connectivity index (χ2n) is 8.73. The minimum atomic E-state index is -4.53. The Morgan fingerprint density at radius 3 is 2.72 bits per heavy atom. The van der Waals surface area contributed by atoms with Crippen LogP contribution in [-0.4, -0.2) is 34.8 Å². The Kier molecular flexibility index (Phi) is 6.24. The maximum atomic E-state index is 13.6. The zero-order valence-electron chi connectivity index (χ0n) is 19.7. The van der Waals surface area contributed by atoms with Gasteiger partial charge in [0.05, 0.1) is 18.4 Å². The molecule has 3 heterocycles. The van der Waals surface area contributed by atoms with Crippen LogP contribution in [-0.2, 0) is 17.4 Å². The maximum Gasteiger partial charge on any atom is 0.417 e. The topological polar surface area (TPSA) is 58.5 Å². The van der Waals surface area contributed by atoms with Crippen LogP contribution in [0.1, 0.15) is 42.0 Å². The molecule has 0 saturated heterocycles. The summed E-state index contributed by atoms with van der Waals surface area (Å²) in [6.07, 6.45) is -3.50. The van der Waals surface area contributed by atoms with Crippen LogP contribution in [0.2, 0.25) is 0 Å². The molecule has 0 radical (unpaired) electrons. The molecular weight excluding hydrogens is 493 g/mol. The van der Waals surface area contributed by atoms with Crippen molar-refractivity contribution in [2.75, 3.05) is 13.7 Å². The van der Waals surface area contributed by atoms with E-state index in [0.29, 0.717) is 30.9 Å². The minimum absolute atomic E-state index is 0.0599. The van der Waals surface area contributed by atoms with Crippen molar-refractivity contribution in [2.45, 2.75) is 37.4 Å². The van der Waals surface area contributed by atoms with Crippen LogP contribution < -0.4 is 4.74 Å². The van der Waals surface area contributed by atoms with E-state index in [9.17, 15) is 18.0 Å². The zero-order chi connectivity index (χ0) is 25.6. The SMILES string of the molecule is CC[C@@H](Cl)C(=O)N1CCc2c([nH]c3ccc(OC)cc23)[C@@H]1c1ccc(-c2ccccc2C(F)(F)F)o1. The molecule has 1 aliphatic heterocycles. The molecule has 5 nitrogen and oxygen atoms in total. The van der Waals surface area contributed by atoms with Gasteiger partial charge in [-0.15, -0.1) is 11.6 Å². The summed E-state index contributed by atoms with van der Waals surface area (Å²) in [5.41, 5.74) is 1.78.